The molecule has 8 nitrogen and oxygen atoms in total. The summed E-state index contributed by atoms with van der Waals surface area (Å²) in [5.41, 5.74) is 1.50. The number of amides is 2. The zero-order valence-electron chi connectivity index (χ0n) is 17.9. The van der Waals surface area contributed by atoms with Gasteiger partial charge in [0.1, 0.15) is 6.04 Å². The highest BCUT2D eigenvalue weighted by Crippen LogP contribution is 2.36. The molecule has 2 fully saturated rings. The van der Waals surface area contributed by atoms with E-state index in [1.807, 2.05) is 12.1 Å². The SMILES string of the molecule is C[C@H](NC(=O)C1CCN(C(=O)/C=C/c2ccc(N3CCOCC3)c(Cl)c2Cl)CC1)C(=O)O. The van der Waals surface area contributed by atoms with Crippen LogP contribution < -0.4 is 10.2 Å². The molecule has 2 saturated heterocycles. The van der Waals surface area contributed by atoms with Crippen molar-refractivity contribution in [3.05, 3.63) is 33.8 Å². The highest BCUT2D eigenvalue weighted by Gasteiger charge is 2.28. The molecule has 0 saturated carbocycles. The van der Waals surface area contributed by atoms with Crippen LogP contribution >= 0.6 is 23.2 Å². The van der Waals surface area contributed by atoms with Crippen LogP contribution in [0.3, 0.4) is 0 Å². The summed E-state index contributed by atoms with van der Waals surface area (Å²) in [6.07, 6.45) is 4.07. The Hall–Kier alpha value is -2.29. The Morgan fingerprint density at radius 1 is 1.12 bits per heavy atom. The van der Waals surface area contributed by atoms with Crippen LogP contribution in [0.25, 0.3) is 6.08 Å². The number of benzene rings is 1. The molecule has 1 aromatic rings. The van der Waals surface area contributed by atoms with Crippen LogP contribution in [0.4, 0.5) is 5.69 Å². The highest BCUT2D eigenvalue weighted by molar-refractivity contribution is 6.44. The molecule has 0 radical (unpaired) electrons. The number of rotatable bonds is 6. The minimum absolute atomic E-state index is 0.174. The second-order valence-corrected chi connectivity index (χ2v) is 8.66. The van der Waals surface area contributed by atoms with Gasteiger partial charge in [-0.05, 0) is 37.5 Å². The standard InChI is InChI=1S/C22H27Cl2N3O5/c1-14(22(30)31)25-21(29)16-6-8-27(9-7-16)18(28)5-3-15-2-4-17(20(24)19(15)23)26-10-12-32-13-11-26/h2-5,14,16H,6-13H2,1H3,(H,25,29)(H,30,31)/b5-3+/t14-/m0/s1. The van der Waals surface area contributed by atoms with Crippen LogP contribution in [-0.4, -0.2) is 73.2 Å². The molecule has 3 rings (SSSR count). The summed E-state index contributed by atoms with van der Waals surface area (Å²) in [6.45, 7) is 5.04. The lowest BCUT2D eigenvalue weighted by Crippen LogP contribution is -2.46. The van der Waals surface area contributed by atoms with E-state index in [1.165, 1.54) is 13.0 Å². The van der Waals surface area contributed by atoms with Crippen LogP contribution in [0.2, 0.25) is 10.0 Å². The molecule has 2 heterocycles. The van der Waals surface area contributed by atoms with E-state index in [2.05, 4.69) is 10.2 Å². The Morgan fingerprint density at radius 2 is 1.78 bits per heavy atom. The molecule has 174 valence electrons. The first-order valence-electron chi connectivity index (χ1n) is 10.6. The number of ether oxygens (including phenoxy) is 1. The van der Waals surface area contributed by atoms with E-state index in [4.69, 9.17) is 33.0 Å². The fourth-order valence-corrected chi connectivity index (χ4v) is 4.27. The van der Waals surface area contributed by atoms with E-state index < -0.39 is 12.0 Å². The van der Waals surface area contributed by atoms with Crippen LogP contribution in [0, 0.1) is 5.92 Å². The lowest BCUT2D eigenvalue weighted by molar-refractivity contribution is -0.142. The number of morpholine rings is 1. The van der Waals surface area contributed by atoms with Gasteiger partial charge in [0, 0.05) is 38.2 Å². The Balaban J connectivity index is 1.56. The number of carboxylic acids is 1. The Bertz CT molecular complexity index is 894. The van der Waals surface area contributed by atoms with Crippen molar-refractivity contribution in [2.45, 2.75) is 25.8 Å². The van der Waals surface area contributed by atoms with Gasteiger partial charge in [0.25, 0.3) is 0 Å². The van der Waals surface area contributed by atoms with Crippen molar-refractivity contribution in [2.75, 3.05) is 44.3 Å². The number of nitrogens with zero attached hydrogens (tertiary/aromatic N) is 2. The molecule has 0 aromatic heterocycles. The van der Waals surface area contributed by atoms with Crippen molar-refractivity contribution >= 4 is 52.7 Å². The van der Waals surface area contributed by atoms with Gasteiger partial charge in [-0.3, -0.25) is 14.4 Å². The summed E-state index contributed by atoms with van der Waals surface area (Å²) in [5.74, 6) is -1.84. The number of anilines is 1. The van der Waals surface area contributed by atoms with E-state index >= 15 is 0 Å². The monoisotopic (exact) mass is 483 g/mol. The smallest absolute Gasteiger partial charge is 0.325 e. The minimum atomic E-state index is -1.08. The third-order valence-electron chi connectivity index (χ3n) is 5.76. The number of carbonyl (C=O) groups excluding carboxylic acids is 2. The number of hydrogen-bond acceptors (Lipinski definition) is 5. The van der Waals surface area contributed by atoms with Crippen LogP contribution in [0.5, 0.6) is 0 Å². The molecular weight excluding hydrogens is 457 g/mol. The van der Waals surface area contributed by atoms with E-state index in [-0.39, 0.29) is 17.7 Å². The molecule has 0 aliphatic carbocycles. The van der Waals surface area contributed by atoms with E-state index in [9.17, 15) is 14.4 Å². The second-order valence-electron chi connectivity index (χ2n) is 7.90. The third kappa shape index (κ3) is 5.94. The van der Waals surface area contributed by atoms with E-state index in [0.717, 1.165) is 18.8 Å². The van der Waals surface area contributed by atoms with Gasteiger partial charge in [0.05, 0.1) is 28.9 Å². The van der Waals surface area contributed by atoms with Gasteiger partial charge in [0.2, 0.25) is 11.8 Å². The van der Waals surface area contributed by atoms with Gasteiger partial charge in [-0.2, -0.15) is 0 Å². The van der Waals surface area contributed by atoms with E-state index in [0.29, 0.717) is 54.8 Å². The van der Waals surface area contributed by atoms with Gasteiger partial charge in [-0.1, -0.05) is 29.3 Å². The van der Waals surface area contributed by atoms with Crippen molar-refractivity contribution < 1.29 is 24.2 Å². The first kappa shape index (κ1) is 24.4. The zero-order valence-corrected chi connectivity index (χ0v) is 19.4. The molecule has 0 unspecified atom stereocenters. The minimum Gasteiger partial charge on any atom is -0.480 e. The summed E-state index contributed by atoms with van der Waals surface area (Å²) >= 11 is 12.9. The Morgan fingerprint density at radius 3 is 2.41 bits per heavy atom. The Labute approximate surface area is 197 Å². The predicted molar refractivity (Wildman–Crippen MR) is 123 cm³/mol. The first-order chi connectivity index (χ1) is 15.3. The van der Waals surface area contributed by atoms with Gasteiger partial charge in [0.15, 0.2) is 0 Å². The van der Waals surface area contributed by atoms with Crippen LogP contribution in [-0.2, 0) is 19.1 Å². The molecule has 2 aliphatic rings. The van der Waals surface area contributed by atoms with Crippen molar-refractivity contribution in [2.24, 2.45) is 5.92 Å². The fourth-order valence-electron chi connectivity index (χ4n) is 3.75. The van der Waals surface area contributed by atoms with E-state index in [1.54, 1.807) is 11.0 Å². The Kier molecular flexibility index (Phi) is 8.39. The molecule has 2 N–H and O–H groups in total. The number of piperidine rings is 1. The molecule has 0 spiro atoms. The topological polar surface area (TPSA) is 99.2 Å². The zero-order chi connectivity index (χ0) is 23.3. The predicted octanol–water partition coefficient (Wildman–Crippen LogP) is 2.67. The van der Waals surface area contributed by atoms with Gasteiger partial charge < -0.3 is 25.0 Å². The van der Waals surface area contributed by atoms with Crippen molar-refractivity contribution in [3.63, 3.8) is 0 Å². The summed E-state index contributed by atoms with van der Waals surface area (Å²) in [6, 6.07) is 2.80. The number of hydrogen-bond donors (Lipinski definition) is 2. The fraction of sp³-hybridized carbons (Fsp3) is 0.500. The molecular formula is C22H27Cl2N3O5. The maximum absolute atomic E-state index is 12.6. The van der Waals surface area contributed by atoms with Crippen LogP contribution in [0.15, 0.2) is 18.2 Å². The number of nitrogens with one attached hydrogen (secondary N) is 1. The number of likely N-dealkylation sites (tertiary alicyclic amines) is 1. The highest BCUT2D eigenvalue weighted by atomic mass is 35.5. The molecule has 0 bridgehead atoms. The quantitative estimate of drug-likeness (QED) is 0.603. The number of carboxylic acid groups (broad SMARTS) is 1. The summed E-state index contributed by atoms with van der Waals surface area (Å²) in [5, 5.41) is 12.2. The first-order valence-corrected chi connectivity index (χ1v) is 11.3. The number of aliphatic carboxylic acids is 1. The third-order valence-corrected chi connectivity index (χ3v) is 6.64. The van der Waals surface area contributed by atoms with Gasteiger partial charge in [-0.25, -0.2) is 0 Å². The largest absolute Gasteiger partial charge is 0.480 e. The van der Waals surface area contributed by atoms with Crippen LogP contribution in [0.1, 0.15) is 25.3 Å². The van der Waals surface area contributed by atoms with Crippen molar-refractivity contribution in [1.29, 1.82) is 0 Å². The molecule has 1 aromatic carbocycles. The van der Waals surface area contributed by atoms with Crippen molar-refractivity contribution in [1.82, 2.24) is 10.2 Å². The maximum Gasteiger partial charge on any atom is 0.325 e. The van der Waals surface area contributed by atoms with Gasteiger partial charge in [-0.15, -0.1) is 0 Å². The summed E-state index contributed by atoms with van der Waals surface area (Å²) in [7, 11) is 0. The van der Waals surface area contributed by atoms with Gasteiger partial charge >= 0.3 is 5.97 Å². The molecule has 1 atom stereocenters. The summed E-state index contributed by atoms with van der Waals surface area (Å²) in [4.78, 5) is 39.4. The summed E-state index contributed by atoms with van der Waals surface area (Å²) < 4.78 is 5.37. The molecule has 2 aliphatic heterocycles. The number of halogens is 2. The average Bonchev–Trinajstić information content (AvgIpc) is 2.80. The normalized spacial score (nSPS) is 18.6. The molecule has 10 heteroatoms. The second kappa shape index (κ2) is 11.0. The lowest BCUT2D eigenvalue weighted by Gasteiger charge is -2.31. The maximum atomic E-state index is 12.6. The lowest BCUT2D eigenvalue weighted by atomic mass is 9.95. The average molecular weight is 484 g/mol. The van der Waals surface area contributed by atoms with Crippen molar-refractivity contribution in [3.8, 4) is 0 Å². The number of carbonyl (C=O) groups is 3. The molecule has 32 heavy (non-hydrogen) atoms. The molecule has 2 amide bonds.